The van der Waals surface area contributed by atoms with Gasteiger partial charge in [-0.3, -0.25) is 19.2 Å². The number of thioether (sulfide) groups is 1. The fourth-order valence-corrected chi connectivity index (χ4v) is 2.93. The van der Waals surface area contributed by atoms with Gasteiger partial charge in [0.1, 0.15) is 18.1 Å². The van der Waals surface area contributed by atoms with Crippen molar-refractivity contribution >= 4 is 54.1 Å². The highest BCUT2D eigenvalue weighted by Crippen LogP contribution is 2.07. The molecule has 13 heteroatoms. The molecule has 4 atom stereocenters. The number of carbonyl (C=O) groups excluding carboxylic acids is 3. The predicted octanol–water partition coefficient (Wildman–Crippen LogP) is -1.33. The van der Waals surface area contributed by atoms with E-state index < -0.39 is 66.2 Å². The molecule has 0 aliphatic carbocycles. The summed E-state index contributed by atoms with van der Waals surface area (Å²) in [5.74, 6) is -4.75. The van der Waals surface area contributed by atoms with Crippen molar-refractivity contribution in [2.24, 2.45) is 11.7 Å². The molecule has 0 aromatic rings. The van der Waals surface area contributed by atoms with Gasteiger partial charge in [-0.25, -0.2) is 4.79 Å². The molecule has 30 heavy (non-hydrogen) atoms. The van der Waals surface area contributed by atoms with E-state index >= 15 is 0 Å². The van der Waals surface area contributed by atoms with E-state index in [0.29, 0.717) is 5.75 Å². The van der Waals surface area contributed by atoms with Crippen LogP contribution in [0.1, 0.15) is 26.7 Å². The molecule has 0 bridgehead atoms. The SMILES string of the molecule is CSCCC(NC(=O)C(N)CS)C(=O)NC(C(=O)NC(CC(=O)O)C(=O)O)C(C)C. The molecule has 0 heterocycles. The van der Waals surface area contributed by atoms with Crippen molar-refractivity contribution in [2.75, 3.05) is 17.8 Å². The van der Waals surface area contributed by atoms with E-state index in [-0.39, 0.29) is 12.2 Å². The summed E-state index contributed by atoms with van der Waals surface area (Å²) in [7, 11) is 0. The van der Waals surface area contributed by atoms with Crippen LogP contribution >= 0.6 is 24.4 Å². The van der Waals surface area contributed by atoms with Crippen molar-refractivity contribution in [3.05, 3.63) is 0 Å². The molecule has 172 valence electrons. The molecule has 0 aliphatic heterocycles. The van der Waals surface area contributed by atoms with Crippen LogP contribution < -0.4 is 21.7 Å². The number of hydrogen-bond acceptors (Lipinski definition) is 8. The van der Waals surface area contributed by atoms with E-state index in [1.54, 1.807) is 13.8 Å². The minimum absolute atomic E-state index is 0.0832. The van der Waals surface area contributed by atoms with Crippen LogP contribution in [0.3, 0.4) is 0 Å². The molecular formula is C17H30N4O7S2. The maximum absolute atomic E-state index is 12.7. The number of hydrogen-bond donors (Lipinski definition) is 7. The quantitative estimate of drug-likeness (QED) is 0.152. The topological polar surface area (TPSA) is 188 Å². The molecule has 0 fully saturated rings. The number of nitrogens with one attached hydrogen (secondary N) is 3. The Morgan fingerprint density at radius 1 is 0.967 bits per heavy atom. The molecule has 0 saturated heterocycles. The highest BCUT2D eigenvalue weighted by molar-refractivity contribution is 7.98. The summed E-state index contributed by atoms with van der Waals surface area (Å²) in [6, 6.07) is -4.65. The Balaban J connectivity index is 5.35. The Kier molecular flexibility index (Phi) is 13.2. The summed E-state index contributed by atoms with van der Waals surface area (Å²) in [5.41, 5.74) is 5.62. The summed E-state index contributed by atoms with van der Waals surface area (Å²) in [6.07, 6.45) is 1.30. The second-order valence-electron chi connectivity index (χ2n) is 6.86. The standard InChI is InChI=1S/C17H30N4O7S2/c1-8(2)13(16(26)20-11(17(27)28)6-12(22)23)21-15(25)10(4-5-30-3)19-14(24)9(18)7-29/h8-11,13,29H,4-7,18H2,1-3H3,(H,19,24)(H,20,26)(H,21,25)(H,22,23)(H,27,28). The van der Waals surface area contributed by atoms with Gasteiger partial charge in [-0.1, -0.05) is 13.8 Å². The van der Waals surface area contributed by atoms with E-state index in [0.717, 1.165) is 0 Å². The Bertz CT molecular complexity index is 633. The first-order chi connectivity index (χ1) is 13.9. The van der Waals surface area contributed by atoms with E-state index in [9.17, 15) is 24.0 Å². The van der Waals surface area contributed by atoms with Crippen molar-refractivity contribution in [3.8, 4) is 0 Å². The zero-order valence-electron chi connectivity index (χ0n) is 17.1. The third-order valence-corrected chi connectivity index (χ3v) is 5.05. The predicted molar refractivity (Wildman–Crippen MR) is 115 cm³/mol. The van der Waals surface area contributed by atoms with Crippen molar-refractivity contribution in [3.63, 3.8) is 0 Å². The number of carboxylic acids is 2. The van der Waals surface area contributed by atoms with Crippen LogP contribution in [0.2, 0.25) is 0 Å². The Labute approximate surface area is 184 Å². The fraction of sp³-hybridized carbons (Fsp3) is 0.706. The molecule has 11 nitrogen and oxygen atoms in total. The number of rotatable bonds is 14. The molecule has 3 amide bonds. The minimum Gasteiger partial charge on any atom is -0.481 e. The number of aliphatic carboxylic acids is 2. The minimum atomic E-state index is -1.64. The maximum Gasteiger partial charge on any atom is 0.326 e. The second kappa shape index (κ2) is 14.1. The van der Waals surface area contributed by atoms with Gasteiger partial charge < -0.3 is 31.9 Å². The molecule has 4 unspecified atom stereocenters. The van der Waals surface area contributed by atoms with Gasteiger partial charge in [0.05, 0.1) is 12.5 Å². The Morgan fingerprint density at radius 2 is 1.53 bits per heavy atom. The van der Waals surface area contributed by atoms with Crippen LogP contribution in [0.4, 0.5) is 0 Å². The summed E-state index contributed by atoms with van der Waals surface area (Å²) in [6.45, 7) is 3.26. The van der Waals surface area contributed by atoms with Crippen molar-refractivity contribution in [1.29, 1.82) is 0 Å². The number of amides is 3. The summed E-state index contributed by atoms with van der Waals surface area (Å²) < 4.78 is 0. The molecule has 7 N–H and O–H groups in total. The Morgan fingerprint density at radius 3 is 1.97 bits per heavy atom. The first-order valence-electron chi connectivity index (χ1n) is 9.15. The van der Waals surface area contributed by atoms with Gasteiger partial charge in [0, 0.05) is 5.75 Å². The lowest BCUT2D eigenvalue weighted by Gasteiger charge is -2.26. The van der Waals surface area contributed by atoms with Crippen LogP contribution in [0, 0.1) is 5.92 Å². The highest BCUT2D eigenvalue weighted by atomic mass is 32.2. The lowest BCUT2D eigenvalue weighted by Crippen LogP contribution is -2.58. The largest absolute Gasteiger partial charge is 0.481 e. The second-order valence-corrected chi connectivity index (χ2v) is 8.21. The average Bonchev–Trinajstić information content (AvgIpc) is 2.66. The van der Waals surface area contributed by atoms with E-state index in [4.69, 9.17) is 15.9 Å². The highest BCUT2D eigenvalue weighted by Gasteiger charge is 2.32. The summed E-state index contributed by atoms with van der Waals surface area (Å²) >= 11 is 5.41. The number of carboxylic acid groups (broad SMARTS) is 2. The van der Waals surface area contributed by atoms with E-state index in [2.05, 4.69) is 28.6 Å². The molecule has 0 saturated carbocycles. The number of carbonyl (C=O) groups is 5. The number of thiol groups is 1. The maximum atomic E-state index is 12.7. The van der Waals surface area contributed by atoms with Gasteiger partial charge in [-0.05, 0) is 24.3 Å². The van der Waals surface area contributed by atoms with Gasteiger partial charge in [-0.2, -0.15) is 24.4 Å². The normalized spacial score (nSPS) is 14.9. The van der Waals surface area contributed by atoms with Crippen LogP contribution in [0.5, 0.6) is 0 Å². The van der Waals surface area contributed by atoms with Gasteiger partial charge >= 0.3 is 11.9 Å². The van der Waals surface area contributed by atoms with Gasteiger partial charge in [-0.15, -0.1) is 0 Å². The molecule has 0 aliphatic rings. The zero-order chi connectivity index (χ0) is 23.4. The van der Waals surface area contributed by atoms with Gasteiger partial charge in [0.2, 0.25) is 17.7 Å². The van der Waals surface area contributed by atoms with Crippen LogP contribution in [0.25, 0.3) is 0 Å². The fourth-order valence-electron chi connectivity index (χ4n) is 2.29. The van der Waals surface area contributed by atoms with Crippen molar-refractivity contribution < 1.29 is 34.2 Å². The van der Waals surface area contributed by atoms with Gasteiger partial charge in [0.15, 0.2) is 0 Å². The lowest BCUT2D eigenvalue weighted by molar-refractivity contribution is -0.147. The molecular weight excluding hydrogens is 436 g/mol. The van der Waals surface area contributed by atoms with Crippen LogP contribution in [-0.4, -0.2) is 81.8 Å². The molecule has 0 aromatic carbocycles. The first kappa shape index (κ1) is 28.0. The average molecular weight is 467 g/mol. The summed E-state index contributed by atoms with van der Waals surface area (Å²) in [4.78, 5) is 59.3. The van der Waals surface area contributed by atoms with E-state index in [1.165, 1.54) is 11.8 Å². The smallest absolute Gasteiger partial charge is 0.326 e. The lowest BCUT2D eigenvalue weighted by atomic mass is 10.0. The van der Waals surface area contributed by atoms with E-state index in [1.807, 2.05) is 6.26 Å². The van der Waals surface area contributed by atoms with Crippen molar-refractivity contribution in [1.82, 2.24) is 16.0 Å². The van der Waals surface area contributed by atoms with Crippen molar-refractivity contribution in [2.45, 2.75) is 50.9 Å². The molecule has 0 spiro atoms. The first-order valence-corrected chi connectivity index (χ1v) is 11.2. The third kappa shape index (κ3) is 10.2. The van der Waals surface area contributed by atoms with Gasteiger partial charge in [0.25, 0.3) is 0 Å². The van der Waals surface area contributed by atoms with Crippen LogP contribution in [0.15, 0.2) is 0 Å². The Hall–Kier alpha value is -1.99. The molecule has 0 radical (unpaired) electrons. The molecule has 0 rings (SSSR count). The molecule has 0 aromatic heterocycles. The van der Waals surface area contributed by atoms with Crippen LogP contribution in [-0.2, 0) is 24.0 Å². The zero-order valence-corrected chi connectivity index (χ0v) is 18.8. The number of nitrogens with two attached hydrogens (primary N) is 1. The summed E-state index contributed by atoms with van der Waals surface area (Å²) in [5, 5.41) is 25.1. The monoisotopic (exact) mass is 466 g/mol. The third-order valence-electron chi connectivity index (χ3n) is 4.02.